The van der Waals surface area contributed by atoms with Crippen molar-refractivity contribution >= 4 is 0 Å². The van der Waals surface area contributed by atoms with Gasteiger partial charge in [-0.05, 0) is 46.0 Å². The predicted molar refractivity (Wildman–Crippen MR) is 73.1 cm³/mol. The first kappa shape index (κ1) is 16.4. The molecule has 0 radical (unpaired) electrons. The van der Waals surface area contributed by atoms with Gasteiger partial charge >= 0.3 is 0 Å². The lowest BCUT2D eigenvalue weighted by Gasteiger charge is -1.85. The van der Waals surface area contributed by atoms with E-state index in [4.69, 9.17) is 0 Å². The third-order valence-corrected chi connectivity index (χ3v) is 1.79. The van der Waals surface area contributed by atoms with Gasteiger partial charge in [0.25, 0.3) is 0 Å². The highest BCUT2D eigenvalue weighted by molar-refractivity contribution is 4.80. The molecule has 0 amide bonds. The molecule has 0 aromatic carbocycles. The van der Waals surface area contributed by atoms with Crippen LogP contribution in [0.4, 0.5) is 0 Å². The molecule has 0 nitrogen and oxygen atoms in total. The third kappa shape index (κ3) is 24.6. The van der Waals surface area contributed by atoms with E-state index in [1.54, 1.807) is 0 Å². The van der Waals surface area contributed by atoms with Gasteiger partial charge in [-0.1, -0.05) is 36.5 Å². The van der Waals surface area contributed by atoms with Crippen molar-refractivity contribution in [3.05, 3.63) is 49.6 Å². The van der Waals surface area contributed by atoms with Gasteiger partial charge in [-0.2, -0.15) is 0 Å². The van der Waals surface area contributed by atoms with Crippen LogP contribution >= 0.6 is 0 Å². The fourth-order valence-corrected chi connectivity index (χ4v) is 0.927. The van der Waals surface area contributed by atoms with Crippen LogP contribution < -0.4 is 0 Å². The molecule has 0 aliphatic carbocycles. The minimum atomic E-state index is 1.10. The lowest BCUT2D eigenvalue weighted by Crippen LogP contribution is -1.65. The van der Waals surface area contributed by atoms with Crippen LogP contribution in [0.2, 0.25) is 0 Å². The second-order valence-electron chi connectivity index (χ2n) is 3.22. The molecular weight excluding hydrogens is 180 g/mol. The molecule has 86 valence electrons. The molecule has 0 saturated carbocycles. The lowest BCUT2D eigenvalue weighted by molar-refractivity contribution is 0.869. The topological polar surface area (TPSA) is 0 Å². The van der Waals surface area contributed by atoms with E-state index in [0.717, 1.165) is 19.3 Å². The SMILES string of the molecule is C=CCCC=CC.C=CCCCC=CC. The van der Waals surface area contributed by atoms with Crippen molar-refractivity contribution in [2.45, 2.75) is 46.0 Å². The smallest absolute Gasteiger partial charge is 0.0316 e. The van der Waals surface area contributed by atoms with E-state index in [1.165, 1.54) is 12.8 Å². The molecule has 0 spiro atoms. The Balaban J connectivity index is 0. The normalized spacial score (nSPS) is 10.0. The number of hydrogen-bond acceptors (Lipinski definition) is 0. The van der Waals surface area contributed by atoms with Crippen molar-refractivity contribution in [2.75, 3.05) is 0 Å². The van der Waals surface area contributed by atoms with Crippen LogP contribution in [0.3, 0.4) is 0 Å². The van der Waals surface area contributed by atoms with Gasteiger partial charge in [0.1, 0.15) is 0 Å². The number of unbranched alkanes of at least 4 members (excludes halogenated alkanes) is 3. The Morgan fingerprint density at radius 3 is 1.73 bits per heavy atom. The number of rotatable bonds is 7. The molecule has 15 heavy (non-hydrogen) atoms. The molecule has 0 aliphatic heterocycles. The quantitative estimate of drug-likeness (QED) is 0.384. The first-order chi connectivity index (χ1) is 7.33. The van der Waals surface area contributed by atoms with Gasteiger partial charge in [0, 0.05) is 0 Å². The van der Waals surface area contributed by atoms with Gasteiger partial charge in [0.05, 0.1) is 0 Å². The van der Waals surface area contributed by atoms with Crippen molar-refractivity contribution < 1.29 is 0 Å². The summed E-state index contributed by atoms with van der Waals surface area (Å²) in [5.74, 6) is 0. The van der Waals surface area contributed by atoms with Crippen molar-refractivity contribution in [2.24, 2.45) is 0 Å². The summed E-state index contributed by atoms with van der Waals surface area (Å²) in [6, 6.07) is 0. The van der Waals surface area contributed by atoms with Gasteiger partial charge in [-0.15, -0.1) is 13.2 Å². The average molecular weight is 206 g/mol. The van der Waals surface area contributed by atoms with Crippen LogP contribution in [0.1, 0.15) is 46.0 Å². The minimum Gasteiger partial charge on any atom is -0.103 e. The molecule has 0 heterocycles. The Kier molecular flexibility index (Phi) is 20.4. The Bertz CT molecular complexity index is 172. The number of allylic oxidation sites excluding steroid dienone is 6. The largest absolute Gasteiger partial charge is 0.103 e. The summed E-state index contributed by atoms with van der Waals surface area (Å²) in [6.45, 7) is 11.3. The van der Waals surface area contributed by atoms with Crippen LogP contribution in [0.15, 0.2) is 49.6 Å². The van der Waals surface area contributed by atoms with Gasteiger partial charge in [0.15, 0.2) is 0 Å². The molecule has 0 fully saturated rings. The van der Waals surface area contributed by atoms with Crippen LogP contribution in [0, 0.1) is 0 Å². The van der Waals surface area contributed by atoms with E-state index in [1.807, 2.05) is 26.0 Å². The second kappa shape index (κ2) is 18.7. The monoisotopic (exact) mass is 206 g/mol. The molecule has 0 unspecified atom stereocenters. The predicted octanol–water partition coefficient (Wildman–Crippen LogP) is 5.45. The molecule has 0 aromatic rings. The van der Waals surface area contributed by atoms with Crippen molar-refractivity contribution in [1.82, 2.24) is 0 Å². The maximum absolute atomic E-state index is 3.63. The van der Waals surface area contributed by atoms with Gasteiger partial charge in [-0.3, -0.25) is 0 Å². The Morgan fingerprint density at radius 1 is 0.733 bits per heavy atom. The Labute approximate surface area is 96.1 Å². The Hall–Kier alpha value is -1.04. The maximum atomic E-state index is 3.63. The van der Waals surface area contributed by atoms with Crippen LogP contribution in [-0.2, 0) is 0 Å². The molecule has 0 heteroatoms. The summed E-state index contributed by atoms with van der Waals surface area (Å²) in [7, 11) is 0. The van der Waals surface area contributed by atoms with E-state index < -0.39 is 0 Å². The Morgan fingerprint density at radius 2 is 1.27 bits per heavy atom. The van der Waals surface area contributed by atoms with Gasteiger partial charge in [-0.25, -0.2) is 0 Å². The van der Waals surface area contributed by atoms with Crippen LogP contribution in [-0.4, -0.2) is 0 Å². The number of hydrogen-bond donors (Lipinski definition) is 0. The highest BCUT2D eigenvalue weighted by atomic mass is 13.8. The van der Waals surface area contributed by atoms with E-state index in [0.29, 0.717) is 0 Å². The van der Waals surface area contributed by atoms with E-state index in [2.05, 4.69) is 37.5 Å². The standard InChI is InChI=1S/C8H14.C7H12/c1-3-5-7-8-6-4-2;1-3-5-7-6-4-2/h3-4,6H,1,5,7-8H2,2H3;3-4,6H,1,5,7H2,2H3. The summed E-state index contributed by atoms with van der Waals surface area (Å²) >= 11 is 0. The molecular formula is C15H26. The molecule has 0 aliphatic rings. The van der Waals surface area contributed by atoms with E-state index in [9.17, 15) is 0 Å². The second-order valence-corrected chi connectivity index (χ2v) is 3.22. The summed E-state index contributed by atoms with van der Waals surface area (Å²) < 4.78 is 0. The average Bonchev–Trinajstić information content (AvgIpc) is 2.26. The zero-order valence-electron chi connectivity index (χ0n) is 10.4. The molecule has 0 N–H and O–H groups in total. The van der Waals surface area contributed by atoms with Crippen molar-refractivity contribution in [3.8, 4) is 0 Å². The van der Waals surface area contributed by atoms with Gasteiger partial charge in [0.2, 0.25) is 0 Å². The van der Waals surface area contributed by atoms with Gasteiger partial charge < -0.3 is 0 Å². The lowest BCUT2D eigenvalue weighted by atomic mass is 10.2. The summed E-state index contributed by atoms with van der Waals surface area (Å²) in [4.78, 5) is 0. The van der Waals surface area contributed by atoms with E-state index >= 15 is 0 Å². The molecule has 0 aromatic heterocycles. The first-order valence-corrected chi connectivity index (χ1v) is 5.77. The summed E-state index contributed by atoms with van der Waals surface area (Å²) in [6.07, 6.45) is 18.2. The third-order valence-electron chi connectivity index (χ3n) is 1.79. The molecule has 0 bridgehead atoms. The summed E-state index contributed by atoms with van der Waals surface area (Å²) in [5, 5.41) is 0. The molecule has 0 atom stereocenters. The zero-order chi connectivity index (χ0) is 11.8. The summed E-state index contributed by atoms with van der Waals surface area (Å²) in [5.41, 5.74) is 0. The van der Waals surface area contributed by atoms with Crippen molar-refractivity contribution in [3.63, 3.8) is 0 Å². The molecule has 0 rings (SSSR count). The fourth-order valence-electron chi connectivity index (χ4n) is 0.927. The van der Waals surface area contributed by atoms with Crippen molar-refractivity contribution in [1.29, 1.82) is 0 Å². The van der Waals surface area contributed by atoms with Crippen LogP contribution in [0.5, 0.6) is 0 Å². The minimum absolute atomic E-state index is 1.10. The maximum Gasteiger partial charge on any atom is -0.0316 e. The molecule has 0 saturated heterocycles. The van der Waals surface area contributed by atoms with Crippen LogP contribution in [0.25, 0.3) is 0 Å². The van der Waals surface area contributed by atoms with E-state index in [-0.39, 0.29) is 0 Å². The zero-order valence-corrected chi connectivity index (χ0v) is 10.4. The fraction of sp³-hybridized carbons (Fsp3) is 0.467. The first-order valence-electron chi connectivity index (χ1n) is 5.77. The highest BCUT2D eigenvalue weighted by Crippen LogP contribution is 1.95. The highest BCUT2D eigenvalue weighted by Gasteiger charge is 1.75.